The Bertz CT molecular complexity index is 349. The highest BCUT2D eigenvalue weighted by atomic mass is 32.2. The van der Waals surface area contributed by atoms with Crippen LogP contribution in [0.4, 0.5) is 0 Å². The molecule has 1 aliphatic heterocycles. The molecule has 14 heavy (non-hydrogen) atoms. The molecular weight excluding hydrogens is 194 g/mol. The van der Waals surface area contributed by atoms with E-state index >= 15 is 0 Å². The fourth-order valence-electron chi connectivity index (χ4n) is 1.27. The van der Waals surface area contributed by atoms with Gasteiger partial charge in [0.05, 0.1) is 13.2 Å². The van der Waals surface area contributed by atoms with Gasteiger partial charge in [-0.05, 0) is 29.8 Å². The molecule has 0 fully saturated rings. The maximum atomic E-state index is 5.50. The first-order valence-corrected chi connectivity index (χ1v) is 5.65. The predicted octanol–water partition coefficient (Wildman–Crippen LogP) is 3.07. The highest BCUT2D eigenvalue weighted by Gasteiger charge is 2.12. The molecule has 0 unspecified atom stereocenters. The highest BCUT2D eigenvalue weighted by molar-refractivity contribution is 8.13. The molecule has 74 valence electrons. The van der Waals surface area contributed by atoms with Crippen LogP contribution in [-0.2, 0) is 11.3 Å². The lowest BCUT2D eigenvalue weighted by Crippen LogP contribution is -2.06. The van der Waals surface area contributed by atoms with E-state index < -0.39 is 0 Å². The van der Waals surface area contributed by atoms with Crippen LogP contribution in [0.3, 0.4) is 0 Å². The topological polar surface area (TPSA) is 21.6 Å². The molecule has 0 bridgehead atoms. The van der Waals surface area contributed by atoms with Crippen molar-refractivity contribution >= 4 is 17.0 Å². The van der Waals surface area contributed by atoms with Crippen LogP contribution in [0.15, 0.2) is 34.2 Å². The van der Waals surface area contributed by atoms with Crippen LogP contribution in [0.2, 0.25) is 0 Å². The van der Waals surface area contributed by atoms with E-state index in [-0.39, 0.29) is 0 Å². The number of benzene rings is 1. The summed E-state index contributed by atoms with van der Waals surface area (Å²) in [5, 5.41) is 0.811. The van der Waals surface area contributed by atoms with Gasteiger partial charge < -0.3 is 4.74 Å². The van der Waals surface area contributed by atoms with Crippen LogP contribution in [0, 0.1) is 0 Å². The molecule has 0 N–H and O–H groups in total. The van der Waals surface area contributed by atoms with Crippen molar-refractivity contribution in [2.45, 2.75) is 24.8 Å². The lowest BCUT2D eigenvalue weighted by atomic mass is 10.2. The summed E-state index contributed by atoms with van der Waals surface area (Å²) in [4.78, 5) is 5.64. The van der Waals surface area contributed by atoms with E-state index in [0.717, 1.165) is 24.8 Å². The number of aliphatic imine (C=N–C) groups is 1. The predicted molar refractivity (Wildman–Crippen MR) is 59.7 cm³/mol. The average molecular weight is 207 g/mol. The second-order valence-electron chi connectivity index (χ2n) is 3.14. The van der Waals surface area contributed by atoms with Crippen LogP contribution >= 0.6 is 11.8 Å². The molecule has 0 amide bonds. The first-order chi connectivity index (χ1) is 6.90. The van der Waals surface area contributed by atoms with Gasteiger partial charge in [-0.2, -0.15) is 0 Å². The number of thioether (sulfide) groups is 1. The first-order valence-electron chi connectivity index (χ1n) is 4.83. The third kappa shape index (κ3) is 2.10. The Hall–Kier alpha value is -0.960. The SMILES string of the molecule is CCCOC1=NCc2ccccc2S1. The minimum atomic E-state index is 0.752. The van der Waals surface area contributed by atoms with Crippen LogP contribution < -0.4 is 0 Å². The molecule has 0 saturated carbocycles. The van der Waals surface area contributed by atoms with Gasteiger partial charge in [0.25, 0.3) is 5.23 Å². The van der Waals surface area contributed by atoms with Gasteiger partial charge >= 0.3 is 0 Å². The second-order valence-corrected chi connectivity index (χ2v) is 4.13. The quantitative estimate of drug-likeness (QED) is 0.743. The van der Waals surface area contributed by atoms with E-state index in [2.05, 4.69) is 30.1 Å². The van der Waals surface area contributed by atoms with Crippen molar-refractivity contribution in [3.8, 4) is 0 Å². The molecule has 0 radical (unpaired) electrons. The number of hydrogen-bond donors (Lipinski definition) is 0. The molecule has 0 aliphatic carbocycles. The molecule has 2 rings (SSSR count). The molecule has 0 atom stereocenters. The monoisotopic (exact) mass is 207 g/mol. The zero-order valence-electron chi connectivity index (χ0n) is 8.19. The zero-order valence-corrected chi connectivity index (χ0v) is 9.01. The molecule has 3 heteroatoms. The number of fused-ring (bicyclic) bond motifs is 1. The Morgan fingerprint density at radius 1 is 1.43 bits per heavy atom. The second kappa shape index (κ2) is 4.51. The summed E-state index contributed by atoms with van der Waals surface area (Å²) in [5.41, 5.74) is 1.29. The molecule has 0 aromatic heterocycles. The van der Waals surface area contributed by atoms with E-state index in [4.69, 9.17) is 4.74 Å². The normalized spacial score (nSPS) is 14.5. The van der Waals surface area contributed by atoms with Crippen LogP contribution in [0.1, 0.15) is 18.9 Å². The first kappa shape index (κ1) is 9.59. The fraction of sp³-hybridized carbons (Fsp3) is 0.364. The Kier molecular flexibility index (Phi) is 3.09. The summed E-state index contributed by atoms with van der Waals surface area (Å²) in [6, 6.07) is 8.33. The highest BCUT2D eigenvalue weighted by Crippen LogP contribution is 2.29. The van der Waals surface area contributed by atoms with E-state index in [1.165, 1.54) is 10.5 Å². The van der Waals surface area contributed by atoms with Gasteiger partial charge in [-0.15, -0.1) is 0 Å². The van der Waals surface area contributed by atoms with Crippen LogP contribution in [0.25, 0.3) is 0 Å². The van der Waals surface area contributed by atoms with Gasteiger partial charge in [-0.3, -0.25) is 0 Å². The Morgan fingerprint density at radius 3 is 3.14 bits per heavy atom. The lowest BCUT2D eigenvalue weighted by molar-refractivity contribution is 0.312. The zero-order chi connectivity index (χ0) is 9.80. The molecular formula is C11H13NOS. The minimum Gasteiger partial charge on any atom is -0.473 e. The van der Waals surface area contributed by atoms with Gasteiger partial charge in [-0.25, -0.2) is 4.99 Å². The van der Waals surface area contributed by atoms with Crippen molar-refractivity contribution in [1.82, 2.24) is 0 Å². The van der Waals surface area contributed by atoms with E-state index in [0.29, 0.717) is 0 Å². The summed E-state index contributed by atoms with van der Waals surface area (Å²) in [6.07, 6.45) is 1.03. The summed E-state index contributed by atoms with van der Waals surface area (Å²) in [6.45, 7) is 3.61. The van der Waals surface area contributed by atoms with E-state index in [1.54, 1.807) is 11.8 Å². The third-order valence-electron chi connectivity index (χ3n) is 1.98. The summed E-state index contributed by atoms with van der Waals surface area (Å²) in [5.74, 6) is 0. The summed E-state index contributed by atoms with van der Waals surface area (Å²) >= 11 is 1.62. The fourth-order valence-corrected chi connectivity index (χ4v) is 2.14. The van der Waals surface area contributed by atoms with Gasteiger partial charge in [-0.1, -0.05) is 25.1 Å². The molecule has 1 heterocycles. The minimum absolute atomic E-state index is 0.752. The molecule has 0 saturated heterocycles. The van der Waals surface area contributed by atoms with Crippen LogP contribution in [-0.4, -0.2) is 11.8 Å². The van der Waals surface area contributed by atoms with Gasteiger partial charge in [0, 0.05) is 4.90 Å². The Morgan fingerprint density at radius 2 is 2.29 bits per heavy atom. The maximum absolute atomic E-state index is 5.50. The number of nitrogens with zero attached hydrogens (tertiary/aromatic N) is 1. The van der Waals surface area contributed by atoms with Crippen molar-refractivity contribution in [3.63, 3.8) is 0 Å². The maximum Gasteiger partial charge on any atom is 0.251 e. The van der Waals surface area contributed by atoms with E-state index in [9.17, 15) is 0 Å². The van der Waals surface area contributed by atoms with Gasteiger partial charge in [0.1, 0.15) is 0 Å². The van der Waals surface area contributed by atoms with Gasteiger partial charge in [0.15, 0.2) is 0 Å². The lowest BCUT2D eigenvalue weighted by Gasteiger charge is -2.15. The molecule has 1 aliphatic rings. The summed E-state index contributed by atoms with van der Waals surface area (Å²) in [7, 11) is 0. The van der Waals surface area contributed by atoms with Crippen molar-refractivity contribution in [1.29, 1.82) is 0 Å². The summed E-state index contributed by atoms with van der Waals surface area (Å²) < 4.78 is 5.50. The van der Waals surface area contributed by atoms with Crippen molar-refractivity contribution in [2.75, 3.05) is 6.61 Å². The molecule has 0 spiro atoms. The smallest absolute Gasteiger partial charge is 0.251 e. The number of rotatable bonds is 2. The molecule has 2 nitrogen and oxygen atoms in total. The molecule has 1 aromatic rings. The number of hydrogen-bond acceptors (Lipinski definition) is 3. The standard InChI is InChI=1S/C11H13NOS/c1-2-7-13-11-12-8-9-5-3-4-6-10(9)14-11/h3-6H,2,7-8H2,1H3. The Labute approximate surface area is 88.4 Å². The van der Waals surface area contributed by atoms with Crippen molar-refractivity contribution < 1.29 is 4.74 Å². The largest absolute Gasteiger partial charge is 0.473 e. The molecule has 1 aromatic carbocycles. The van der Waals surface area contributed by atoms with Gasteiger partial charge in [0.2, 0.25) is 0 Å². The van der Waals surface area contributed by atoms with Crippen molar-refractivity contribution in [2.24, 2.45) is 4.99 Å². The third-order valence-corrected chi connectivity index (χ3v) is 3.02. The van der Waals surface area contributed by atoms with Crippen LogP contribution in [0.5, 0.6) is 0 Å². The number of ether oxygens (including phenoxy) is 1. The average Bonchev–Trinajstić information content (AvgIpc) is 2.26. The van der Waals surface area contributed by atoms with E-state index in [1.807, 2.05) is 6.07 Å². The van der Waals surface area contributed by atoms with Crippen molar-refractivity contribution in [3.05, 3.63) is 29.8 Å². The Balaban J connectivity index is 2.05.